The van der Waals surface area contributed by atoms with Gasteiger partial charge in [-0.2, -0.15) is 0 Å². The van der Waals surface area contributed by atoms with E-state index in [4.69, 9.17) is 0 Å². The molecule has 4 rings (SSSR count). The standard InChI is InChI=1S/C18H17FN6O/c1-11(8-19)25-10-21-24-17(25)14-6-3-7-15(23-14)22-13-5-2-4-12-9-20-18(26)16(12)13/h2-7,10-11H,8-9H2,1H3,(H,20,26)(H,22,23)/t11-/m1/s1. The summed E-state index contributed by atoms with van der Waals surface area (Å²) in [6.45, 7) is 1.76. The van der Waals surface area contributed by atoms with E-state index >= 15 is 0 Å². The van der Waals surface area contributed by atoms with Gasteiger partial charge in [0, 0.05) is 6.54 Å². The fraction of sp³-hybridized carbons (Fsp3) is 0.222. The van der Waals surface area contributed by atoms with Crippen LogP contribution in [-0.4, -0.2) is 32.3 Å². The number of hydrogen-bond acceptors (Lipinski definition) is 5. The number of amides is 1. The fourth-order valence-corrected chi connectivity index (χ4v) is 2.97. The molecule has 1 amide bonds. The van der Waals surface area contributed by atoms with E-state index in [1.165, 1.54) is 6.33 Å². The number of anilines is 2. The van der Waals surface area contributed by atoms with Gasteiger partial charge in [0.2, 0.25) is 0 Å². The number of aromatic nitrogens is 4. The molecule has 3 aromatic rings. The van der Waals surface area contributed by atoms with E-state index in [-0.39, 0.29) is 11.9 Å². The number of rotatable bonds is 5. The van der Waals surface area contributed by atoms with Gasteiger partial charge in [-0.3, -0.25) is 4.79 Å². The van der Waals surface area contributed by atoms with Crippen LogP contribution in [0.3, 0.4) is 0 Å². The monoisotopic (exact) mass is 352 g/mol. The SMILES string of the molecule is C[C@H](CF)n1cnnc1-c1cccc(Nc2cccc3c2C(=O)NC3)n1. The maximum absolute atomic E-state index is 13.0. The lowest BCUT2D eigenvalue weighted by Crippen LogP contribution is -2.13. The Balaban J connectivity index is 1.67. The first-order valence-electron chi connectivity index (χ1n) is 8.27. The van der Waals surface area contributed by atoms with E-state index in [9.17, 15) is 9.18 Å². The summed E-state index contributed by atoms with van der Waals surface area (Å²) in [6, 6.07) is 10.7. The molecule has 7 nitrogen and oxygen atoms in total. The summed E-state index contributed by atoms with van der Waals surface area (Å²) in [7, 11) is 0. The van der Waals surface area contributed by atoms with Crippen LogP contribution in [0.1, 0.15) is 28.9 Å². The highest BCUT2D eigenvalue weighted by molar-refractivity contribution is 6.04. The summed E-state index contributed by atoms with van der Waals surface area (Å²) >= 11 is 0. The Hall–Kier alpha value is -3.29. The minimum Gasteiger partial charge on any atom is -0.348 e. The molecule has 0 aliphatic carbocycles. The van der Waals surface area contributed by atoms with Crippen molar-refractivity contribution in [2.75, 3.05) is 12.0 Å². The predicted molar refractivity (Wildman–Crippen MR) is 94.8 cm³/mol. The molecule has 0 radical (unpaired) electrons. The number of pyridine rings is 1. The summed E-state index contributed by atoms with van der Waals surface area (Å²) in [6.07, 6.45) is 1.50. The molecule has 3 heterocycles. The average molecular weight is 352 g/mol. The number of carbonyl (C=O) groups excluding carboxylic acids is 1. The van der Waals surface area contributed by atoms with Crippen LogP contribution in [0, 0.1) is 0 Å². The third-order valence-corrected chi connectivity index (χ3v) is 4.33. The van der Waals surface area contributed by atoms with E-state index in [0.29, 0.717) is 35.1 Å². The molecular formula is C18H17FN6O. The number of fused-ring (bicyclic) bond motifs is 1. The molecule has 0 saturated carbocycles. The molecule has 1 aliphatic rings. The summed E-state index contributed by atoms with van der Waals surface area (Å²) in [4.78, 5) is 16.6. The Morgan fingerprint density at radius 3 is 3.00 bits per heavy atom. The van der Waals surface area contributed by atoms with Gasteiger partial charge in [0.15, 0.2) is 5.82 Å². The second kappa shape index (κ2) is 6.55. The van der Waals surface area contributed by atoms with E-state index < -0.39 is 6.67 Å². The Bertz CT molecular complexity index is 970. The van der Waals surface area contributed by atoms with Gasteiger partial charge in [0.05, 0.1) is 17.3 Å². The van der Waals surface area contributed by atoms with Gasteiger partial charge in [0.1, 0.15) is 24.5 Å². The van der Waals surface area contributed by atoms with Crippen molar-refractivity contribution in [3.05, 3.63) is 53.9 Å². The first-order chi connectivity index (χ1) is 12.7. The lowest BCUT2D eigenvalue weighted by atomic mass is 10.1. The van der Waals surface area contributed by atoms with Crippen LogP contribution in [0.2, 0.25) is 0 Å². The van der Waals surface area contributed by atoms with Crippen LogP contribution in [-0.2, 0) is 6.54 Å². The molecule has 2 aromatic heterocycles. The molecule has 1 aromatic carbocycles. The van der Waals surface area contributed by atoms with Crippen molar-refractivity contribution >= 4 is 17.4 Å². The van der Waals surface area contributed by atoms with Crippen LogP contribution in [0.15, 0.2) is 42.7 Å². The van der Waals surface area contributed by atoms with E-state index in [2.05, 4.69) is 25.8 Å². The topological polar surface area (TPSA) is 84.7 Å². The summed E-state index contributed by atoms with van der Waals surface area (Å²) < 4.78 is 14.7. The number of nitrogens with one attached hydrogen (secondary N) is 2. The van der Waals surface area contributed by atoms with Crippen molar-refractivity contribution in [1.82, 2.24) is 25.1 Å². The second-order valence-electron chi connectivity index (χ2n) is 6.12. The Morgan fingerprint density at radius 2 is 2.15 bits per heavy atom. The van der Waals surface area contributed by atoms with E-state index in [1.54, 1.807) is 23.6 Å². The van der Waals surface area contributed by atoms with Gasteiger partial charge in [-0.05, 0) is 30.7 Å². The lowest BCUT2D eigenvalue weighted by Gasteiger charge is -2.13. The molecular weight excluding hydrogens is 335 g/mol. The molecule has 0 spiro atoms. The highest BCUT2D eigenvalue weighted by atomic mass is 19.1. The zero-order chi connectivity index (χ0) is 18.1. The Morgan fingerprint density at radius 1 is 1.31 bits per heavy atom. The van der Waals surface area contributed by atoms with Gasteiger partial charge in [-0.15, -0.1) is 10.2 Å². The molecule has 2 N–H and O–H groups in total. The van der Waals surface area contributed by atoms with Crippen molar-refractivity contribution in [3.8, 4) is 11.5 Å². The van der Waals surface area contributed by atoms with Crippen LogP contribution in [0.25, 0.3) is 11.5 Å². The molecule has 1 atom stereocenters. The Labute approximate surface area is 149 Å². The smallest absolute Gasteiger partial charge is 0.254 e. The molecule has 0 saturated heterocycles. The van der Waals surface area contributed by atoms with Crippen LogP contribution < -0.4 is 10.6 Å². The first-order valence-corrected chi connectivity index (χ1v) is 8.27. The van der Waals surface area contributed by atoms with Gasteiger partial charge < -0.3 is 15.2 Å². The Kier molecular flexibility index (Phi) is 4.08. The molecule has 0 unspecified atom stereocenters. The molecule has 8 heteroatoms. The van der Waals surface area contributed by atoms with Crippen LogP contribution in [0.4, 0.5) is 15.9 Å². The highest BCUT2D eigenvalue weighted by Gasteiger charge is 2.22. The van der Waals surface area contributed by atoms with Gasteiger partial charge in [0.25, 0.3) is 5.91 Å². The number of hydrogen-bond donors (Lipinski definition) is 2. The molecule has 0 fully saturated rings. The minimum atomic E-state index is -0.520. The number of alkyl halides is 1. The summed E-state index contributed by atoms with van der Waals surface area (Å²) in [5.41, 5.74) is 2.85. The molecule has 0 bridgehead atoms. The van der Waals surface area contributed by atoms with Crippen molar-refractivity contribution < 1.29 is 9.18 Å². The number of carbonyl (C=O) groups is 1. The average Bonchev–Trinajstić information content (AvgIpc) is 3.29. The maximum Gasteiger partial charge on any atom is 0.254 e. The van der Waals surface area contributed by atoms with E-state index in [1.807, 2.05) is 24.3 Å². The van der Waals surface area contributed by atoms with Gasteiger partial charge in [-0.1, -0.05) is 18.2 Å². The van der Waals surface area contributed by atoms with Crippen molar-refractivity contribution in [3.63, 3.8) is 0 Å². The van der Waals surface area contributed by atoms with Crippen LogP contribution >= 0.6 is 0 Å². The van der Waals surface area contributed by atoms with E-state index in [0.717, 1.165) is 5.56 Å². The first kappa shape index (κ1) is 16.2. The van der Waals surface area contributed by atoms with Gasteiger partial charge >= 0.3 is 0 Å². The minimum absolute atomic E-state index is 0.101. The lowest BCUT2D eigenvalue weighted by molar-refractivity contribution is 0.0966. The molecule has 26 heavy (non-hydrogen) atoms. The van der Waals surface area contributed by atoms with Crippen molar-refractivity contribution in [2.24, 2.45) is 0 Å². The zero-order valence-corrected chi connectivity index (χ0v) is 14.1. The van der Waals surface area contributed by atoms with Crippen molar-refractivity contribution in [1.29, 1.82) is 0 Å². The third-order valence-electron chi connectivity index (χ3n) is 4.33. The summed E-state index contributed by atoms with van der Waals surface area (Å²) in [5, 5.41) is 13.9. The highest BCUT2D eigenvalue weighted by Crippen LogP contribution is 2.27. The van der Waals surface area contributed by atoms with Crippen LogP contribution in [0.5, 0.6) is 0 Å². The third kappa shape index (κ3) is 2.79. The number of halogens is 1. The fourth-order valence-electron chi connectivity index (χ4n) is 2.97. The zero-order valence-electron chi connectivity index (χ0n) is 14.1. The number of nitrogens with zero attached hydrogens (tertiary/aromatic N) is 4. The quantitative estimate of drug-likeness (QED) is 0.738. The molecule has 132 valence electrons. The largest absolute Gasteiger partial charge is 0.348 e. The predicted octanol–water partition coefficient (Wildman–Crippen LogP) is 2.86. The summed E-state index contributed by atoms with van der Waals surface area (Å²) in [5.74, 6) is 0.962. The second-order valence-corrected chi connectivity index (χ2v) is 6.12. The maximum atomic E-state index is 13.0. The normalized spacial score (nSPS) is 14.0. The van der Waals surface area contributed by atoms with Gasteiger partial charge in [-0.25, -0.2) is 9.37 Å². The molecule has 1 aliphatic heterocycles. The van der Waals surface area contributed by atoms with Crippen molar-refractivity contribution in [2.45, 2.75) is 19.5 Å². The number of benzene rings is 1.